The van der Waals surface area contributed by atoms with Crippen molar-refractivity contribution in [3.63, 3.8) is 0 Å². The molecule has 0 unspecified atom stereocenters. The lowest BCUT2D eigenvalue weighted by atomic mass is 9.68. The van der Waals surface area contributed by atoms with E-state index in [1.807, 2.05) is 97.1 Å². The fraction of sp³-hybridized carbons (Fsp3) is 0.188. The maximum atomic E-state index is 13.9. The Kier molecular flexibility index (Phi) is 6.97. The Hall–Kier alpha value is -3.82. The summed E-state index contributed by atoms with van der Waals surface area (Å²) in [4.78, 5) is 30.2. The molecule has 35 heavy (non-hydrogen) atoms. The molecule has 0 radical (unpaired) electrons. The number of carbonyl (C=O) groups excluding carboxylic acids is 2. The first-order chi connectivity index (χ1) is 17.2. The van der Waals surface area contributed by atoms with Crippen LogP contribution >= 0.6 is 0 Å². The van der Waals surface area contributed by atoms with Crippen LogP contribution in [0.1, 0.15) is 37.8 Å². The van der Waals surface area contributed by atoms with Crippen LogP contribution < -0.4 is 0 Å². The number of ketones is 2. The number of rotatable bonds is 7. The Morgan fingerprint density at radius 3 is 1.43 bits per heavy atom. The van der Waals surface area contributed by atoms with Gasteiger partial charge in [0.15, 0.2) is 11.6 Å². The van der Waals surface area contributed by atoms with Crippen LogP contribution in [0.15, 0.2) is 121 Å². The summed E-state index contributed by atoms with van der Waals surface area (Å²) >= 11 is 0. The topological polar surface area (TPSA) is 37.4 Å². The van der Waals surface area contributed by atoms with Gasteiger partial charge in [-0.15, -0.1) is 0 Å². The average molecular weight is 460 g/mol. The zero-order chi connectivity index (χ0) is 24.0. The van der Waals surface area contributed by atoms with Crippen molar-refractivity contribution >= 4 is 11.6 Å². The summed E-state index contributed by atoms with van der Waals surface area (Å²) in [7, 11) is 0. The lowest BCUT2D eigenvalue weighted by Crippen LogP contribution is -2.50. The molecule has 2 atom stereocenters. The maximum absolute atomic E-state index is 13.9. The SMILES string of the molecule is O=C(c1ccccc1)[C@H]1CN(Cc2ccccc2)C[C@H](C(=O)c2ccccc2)C1c1ccccc1. The van der Waals surface area contributed by atoms with Crippen molar-refractivity contribution < 1.29 is 9.59 Å². The molecule has 4 aromatic rings. The molecule has 0 amide bonds. The first-order valence-electron chi connectivity index (χ1n) is 12.2. The van der Waals surface area contributed by atoms with Crippen LogP contribution in [0, 0.1) is 11.8 Å². The van der Waals surface area contributed by atoms with E-state index < -0.39 is 0 Å². The second-order valence-electron chi connectivity index (χ2n) is 9.29. The molecule has 0 saturated carbocycles. The summed E-state index contributed by atoms with van der Waals surface area (Å²) in [6, 6.07) is 39.4. The summed E-state index contributed by atoms with van der Waals surface area (Å²) in [5, 5.41) is 0. The second-order valence-corrected chi connectivity index (χ2v) is 9.29. The predicted molar refractivity (Wildman–Crippen MR) is 139 cm³/mol. The van der Waals surface area contributed by atoms with Gasteiger partial charge in [0.2, 0.25) is 0 Å². The van der Waals surface area contributed by atoms with E-state index in [4.69, 9.17) is 0 Å². The van der Waals surface area contributed by atoms with E-state index in [0.29, 0.717) is 30.8 Å². The van der Waals surface area contributed by atoms with Gasteiger partial charge in [-0.25, -0.2) is 0 Å². The van der Waals surface area contributed by atoms with Crippen LogP contribution in [0.4, 0.5) is 0 Å². The molecular formula is C32H29NO2. The van der Waals surface area contributed by atoms with Crippen LogP contribution in [0.5, 0.6) is 0 Å². The largest absolute Gasteiger partial charge is 0.298 e. The fourth-order valence-corrected chi connectivity index (χ4v) is 5.37. The van der Waals surface area contributed by atoms with Crippen molar-refractivity contribution in [2.45, 2.75) is 12.5 Å². The lowest BCUT2D eigenvalue weighted by Gasteiger charge is -2.43. The monoisotopic (exact) mass is 459 g/mol. The van der Waals surface area contributed by atoms with Gasteiger partial charge >= 0.3 is 0 Å². The molecule has 0 aliphatic carbocycles. The number of likely N-dealkylation sites (tertiary alicyclic amines) is 1. The van der Waals surface area contributed by atoms with Gasteiger partial charge in [-0.3, -0.25) is 14.5 Å². The highest BCUT2D eigenvalue weighted by Gasteiger charge is 2.44. The summed E-state index contributed by atoms with van der Waals surface area (Å²) in [5.74, 6) is -0.639. The van der Waals surface area contributed by atoms with Crippen LogP contribution in [-0.2, 0) is 6.54 Å². The standard InChI is InChI=1S/C32H29NO2/c34-31(26-17-9-3-10-18-26)28-22-33(21-24-13-5-1-6-14-24)23-29(30(28)25-15-7-2-8-16-25)32(35)27-19-11-4-12-20-27/h1-20,28-30H,21-23H2/t28-,29-/m0/s1. The normalized spacial score (nSPS) is 18.7. The Morgan fingerprint density at radius 1 is 0.571 bits per heavy atom. The van der Waals surface area contributed by atoms with Gasteiger partial charge in [0, 0.05) is 48.5 Å². The number of Topliss-reactive ketones (excluding diaryl/α,β-unsaturated/α-hetero) is 2. The van der Waals surface area contributed by atoms with Gasteiger partial charge in [0.1, 0.15) is 0 Å². The molecule has 0 aromatic heterocycles. The molecule has 1 fully saturated rings. The van der Waals surface area contributed by atoms with Crippen molar-refractivity contribution in [3.05, 3.63) is 144 Å². The van der Waals surface area contributed by atoms with Gasteiger partial charge in [-0.1, -0.05) is 121 Å². The van der Waals surface area contributed by atoms with Crippen molar-refractivity contribution in [2.24, 2.45) is 11.8 Å². The number of nitrogens with zero attached hydrogens (tertiary/aromatic N) is 1. The van der Waals surface area contributed by atoms with E-state index >= 15 is 0 Å². The first kappa shape index (κ1) is 22.9. The summed E-state index contributed by atoms with van der Waals surface area (Å²) in [6.45, 7) is 1.93. The van der Waals surface area contributed by atoms with E-state index in [1.54, 1.807) is 0 Å². The highest BCUT2D eigenvalue weighted by atomic mass is 16.1. The van der Waals surface area contributed by atoms with Crippen molar-refractivity contribution in [3.8, 4) is 0 Å². The van der Waals surface area contributed by atoms with E-state index in [1.165, 1.54) is 5.56 Å². The summed E-state index contributed by atoms with van der Waals surface area (Å²) in [5.41, 5.74) is 3.63. The molecule has 0 N–H and O–H groups in total. The Labute approximate surface area is 207 Å². The van der Waals surface area contributed by atoms with Gasteiger partial charge < -0.3 is 0 Å². The minimum absolute atomic E-state index is 0.100. The van der Waals surface area contributed by atoms with E-state index in [9.17, 15) is 9.59 Å². The first-order valence-corrected chi connectivity index (χ1v) is 12.2. The molecule has 1 aliphatic heterocycles. The Balaban J connectivity index is 1.57. The summed E-state index contributed by atoms with van der Waals surface area (Å²) in [6.07, 6.45) is 0. The highest BCUT2D eigenvalue weighted by Crippen LogP contribution is 2.41. The lowest BCUT2D eigenvalue weighted by molar-refractivity contribution is 0.0555. The molecule has 3 heteroatoms. The van der Waals surface area contributed by atoms with Gasteiger partial charge in [0.25, 0.3) is 0 Å². The van der Waals surface area contributed by atoms with Crippen LogP contribution in [0.2, 0.25) is 0 Å². The van der Waals surface area contributed by atoms with Gasteiger partial charge in [-0.2, -0.15) is 0 Å². The summed E-state index contributed by atoms with van der Waals surface area (Å²) < 4.78 is 0. The van der Waals surface area contributed by atoms with Crippen LogP contribution in [-0.4, -0.2) is 29.6 Å². The van der Waals surface area contributed by atoms with E-state index in [0.717, 1.165) is 5.56 Å². The minimum atomic E-state index is -0.324. The van der Waals surface area contributed by atoms with E-state index in [-0.39, 0.29) is 29.3 Å². The molecule has 5 rings (SSSR count). The number of carbonyl (C=O) groups is 2. The Bertz CT molecular complexity index is 1190. The zero-order valence-electron chi connectivity index (χ0n) is 19.7. The molecule has 3 nitrogen and oxygen atoms in total. The van der Waals surface area contributed by atoms with Crippen LogP contribution in [0.25, 0.3) is 0 Å². The minimum Gasteiger partial charge on any atom is -0.298 e. The third-order valence-electron chi connectivity index (χ3n) is 7.00. The zero-order valence-corrected chi connectivity index (χ0v) is 19.7. The van der Waals surface area contributed by atoms with Gasteiger partial charge in [0.05, 0.1) is 0 Å². The predicted octanol–water partition coefficient (Wildman–Crippen LogP) is 6.28. The highest BCUT2D eigenvalue weighted by molar-refractivity contribution is 6.02. The Morgan fingerprint density at radius 2 is 0.971 bits per heavy atom. The van der Waals surface area contributed by atoms with Crippen molar-refractivity contribution in [2.75, 3.05) is 13.1 Å². The molecular weight excluding hydrogens is 430 g/mol. The number of hydrogen-bond acceptors (Lipinski definition) is 3. The molecule has 1 heterocycles. The smallest absolute Gasteiger partial charge is 0.167 e. The molecule has 1 saturated heterocycles. The molecule has 4 aromatic carbocycles. The van der Waals surface area contributed by atoms with Gasteiger partial charge in [-0.05, 0) is 11.1 Å². The number of benzene rings is 4. The molecule has 1 aliphatic rings. The molecule has 174 valence electrons. The van der Waals surface area contributed by atoms with E-state index in [2.05, 4.69) is 29.2 Å². The molecule has 0 bridgehead atoms. The average Bonchev–Trinajstić information content (AvgIpc) is 2.94. The third-order valence-corrected chi connectivity index (χ3v) is 7.00. The third kappa shape index (κ3) is 5.16. The van der Waals surface area contributed by atoms with Crippen molar-refractivity contribution in [1.82, 2.24) is 4.90 Å². The van der Waals surface area contributed by atoms with Crippen LogP contribution in [0.3, 0.4) is 0 Å². The maximum Gasteiger partial charge on any atom is 0.167 e. The van der Waals surface area contributed by atoms with Crippen molar-refractivity contribution in [1.29, 1.82) is 0 Å². The second kappa shape index (κ2) is 10.6. The molecule has 0 spiro atoms. The quantitative estimate of drug-likeness (QED) is 0.305. The fourth-order valence-electron chi connectivity index (χ4n) is 5.37. The number of piperidine rings is 1. The number of hydrogen-bond donors (Lipinski definition) is 0.